The minimum Gasteiger partial charge on any atom is -0.310 e. The van der Waals surface area contributed by atoms with E-state index < -0.39 is 0 Å². The summed E-state index contributed by atoms with van der Waals surface area (Å²) in [6, 6.07) is 0.116. The molecule has 70 valence electrons. The van der Waals surface area contributed by atoms with Gasteiger partial charge in [0, 0.05) is 0 Å². The monoisotopic (exact) mass is 169 g/mol. The summed E-state index contributed by atoms with van der Waals surface area (Å²) in [5, 5.41) is 3.12. The van der Waals surface area contributed by atoms with Crippen molar-refractivity contribution in [3.05, 3.63) is 0 Å². The minimum atomic E-state index is 0.116. The topological polar surface area (TPSA) is 29.1 Å². The third-order valence-corrected chi connectivity index (χ3v) is 2.87. The lowest BCUT2D eigenvalue weighted by Gasteiger charge is -2.28. The molecule has 1 rings (SSSR count). The lowest BCUT2D eigenvalue weighted by Crippen LogP contribution is -2.40. The van der Waals surface area contributed by atoms with Gasteiger partial charge in [0.2, 0.25) is 0 Å². The Balaban J connectivity index is 2.46. The molecule has 0 aromatic carbocycles. The van der Waals surface area contributed by atoms with Gasteiger partial charge in [-0.15, -0.1) is 0 Å². The van der Waals surface area contributed by atoms with Crippen LogP contribution in [0.15, 0.2) is 0 Å². The number of hydrogen-bond donors (Lipinski definition) is 1. The molecule has 0 amide bonds. The van der Waals surface area contributed by atoms with Crippen molar-refractivity contribution in [1.29, 1.82) is 0 Å². The third-order valence-electron chi connectivity index (χ3n) is 2.87. The Morgan fingerprint density at radius 3 is 2.33 bits per heavy atom. The van der Waals surface area contributed by atoms with Crippen LogP contribution in [0.25, 0.3) is 0 Å². The van der Waals surface area contributed by atoms with E-state index in [1.54, 1.807) is 6.92 Å². The second-order valence-corrected chi connectivity index (χ2v) is 3.78. The summed E-state index contributed by atoms with van der Waals surface area (Å²) >= 11 is 0. The zero-order chi connectivity index (χ0) is 8.97. The fraction of sp³-hybridized carbons (Fsp3) is 0.900. The molecule has 1 aliphatic rings. The molecular weight excluding hydrogens is 150 g/mol. The molecule has 0 spiro atoms. The molecule has 12 heavy (non-hydrogen) atoms. The molecule has 1 atom stereocenters. The Hall–Kier alpha value is -0.370. The summed E-state index contributed by atoms with van der Waals surface area (Å²) in [5.41, 5.74) is 0. The number of rotatable bonds is 3. The van der Waals surface area contributed by atoms with Gasteiger partial charge in [-0.05, 0) is 32.7 Å². The minimum absolute atomic E-state index is 0.116. The maximum absolute atomic E-state index is 11.2. The van der Waals surface area contributed by atoms with Crippen LogP contribution in [0, 0.1) is 5.92 Å². The number of hydrogen-bond acceptors (Lipinski definition) is 2. The standard InChI is InChI=1S/C10H19NO/c1-8(12)10(11-2)9-6-4-3-5-7-9/h9-11H,3-7H2,1-2H3/t10-/m1/s1. The van der Waals surface area contributed by atoms with Crippen molar-refractivity contribution in [1.82, 2.24) is 5.32 Å². The normalized spacial score (nSPS) is 22.2. The molecule has 0 unspecified atom stereocenters. The fourth-order valence-electron chi connectivity index (χ4n) is 2.24. The van der Waals surface area contributed by atoms with Crippen LogP contribution >= 0.6 is 0 Å². The van der Waals surface area contributed by atoms with E-state index in [9.17, 15) is 4.79 Å². The molecule has 0 radical (unpaired) electrons. The molecule has 2 heteroatoms. The first-order chi connectivity index (χ1) is 5.75. The van der Waals surface area contributed by atoms with Gasteiger partial charge in [0.25, 0.3) is 0 Å². The Bertz CT molecular complexity index is 150. The maximum atomic E-state index is 11.2. The van der Waals surface area contributed by atoms with E-state index in [1.165, 1.54) is 32.1 Å². The molecule has 1 N–H and O–H groups in total. The van der Waals surface area contributed by atoms with Gasteiger partial charge in [0.15, 0.2) is 0 Å². The van der Waals surface area contributed by atoms with Crippen LogP contribution in [0.2, 0.25) is 0 Å². The predicted molar refractivity (Wildman–Crippen MR) is 50.1 cm³/mol. The average molecular weight is 169 g/mol. The van der Waals surface area contributed by atoms with Gasteiger partial charge >= 0.3 is 0 Å². The number of ketones is 1. The Labute approximate surface area is 74.7 Å². The van der Waals surface area contributed by atoms with Crippen LogP contribution in [0.4, 0.5) is 0 Å². The van der Waals surface area contributed by atoms with Crippen molar-refractivity contribution >= 4 is 5.78 Å². The van der Waals surface area contributed by atoms with Gasteiger partial charge < -0.3 is 5.32 Å². The number of carbonyl (C=O) groups excluding carboxylic acids is 1. The molecule has 0 aromatic heterocycles. The van der Waals surface area contributed by atoms with Crippen LogP contribution in [0.1, 0.15) is 39.0 Å². The van der Waals surface area contributed by atoms with E-state index in [0.29, 0.717) is 11.7 Å². The van der Waals surface area contributed by atoms with Crippen molar-refractivity contribution in [3.8, 4) is 0 Å². The summed E-state index contributed by atoms with van der Waals surface area (Å²) in [6.45, 7) is 1.69. The Kier molecular flexibility index (Phi) is 3.73. The van der Waals surface area contributed by atoms with Crippen LogP contribution in [0.3, 0.4) is 0 Å². The smallest absolute Gasteiger partial charge is 0.146 e. The number of likely N-dealkylation sites (N-methyl/N-ethyl adjacent to an activating group) is 1. The fourth-order valence-corrected chi connectivity index (χ4v) is 2.24. The van der Waals surface area contributed by atoms with Gasteiger partial charge in [0.05, 0.1) is 6.04 Å². The lowest BCUT2D eigenvalue weighted by atomic mass is 9.82. The summed E-state index contributed by atoms with van der Waals surface area (Å²) in [4.78, 5) is 11.2. The summed E-state index contributed by atoms with van der Waals surface area (Å²) in [7, 11) is 1.89. The van der Waals surface area contributed by atoms with Gasteiger partial charge in [-0.2, -0.15) is 0 Å². The molecule has 0 aliphatic heterocycles. The Morgan fingerprint density at radius 2 is 1.92 bits per heavy atom. The van der Waals surface area contributed by atoms with Crippen molar-refractivity contribution in [2.45, 2.75) is 45.1 Å². The first-order valence-electron chi connectivity index (χ1n) is 4.93. The van der Waals surface area contributed by atoms with Crippen molar-refractivity contribution in [2.24, 2.45) is 5.92 Å². The van der Waals surface area contributed by atoms with E-state index in [4.69, 9.17) is 0 Å². The highest BCUT2D eigenvalue weighted by molar-refractivity contribution is 5.81. The summed E-state index contributed by atoms with van der Waals surface area (Å²) in [6.07, 6.45) is 6.41. The van der Waals surface area contributed by atoms with Crippen LogP contribution in [-0.4, -0.2) is 18.9 Å². The first-order valence-corrected chi connectivity index (χ1v) is 4.93. The van der Waals surface area contributed by atoms with Crippen molar-refractivity contribution in [2.75, 3.05) is 7.05 Å². The van der Waals surface area contributed by atoms with Crippen LogP contribution < -0.4 is 5.32 Å². The molecule has 0 bridgehead atoms. The van der Waals surface area contributed by atoms with Gasteiger partial charge in [-0.1, -0.05) is 19.3 Å². The molecule has 1 fully saturated rings. The Morgan fingerprint density at radius 1 is 1.33 bits per heavy atom. The van der Waals surface area contributed by atoms with Gasteiger partial charge in [-0.3, -0.25) is 4.79 Å². The molecule has 1 aliphatic carbocycles. The number of carbonyl (C=O) groups is 1. The molecular formula is C10H19NO. The van der Waals surface area contributed by atoms with E-state index in [1.807, 2.05) is 7.05 Å². The lowest BCUT2D eigenvalue weighted by molar-refractivity contribution is -0.120. The summed E-state index contributed by atoms with van der Waals surface area (Å²) in [5.74, 6) is 0.894. The number of nitrogens with one attached hydrogen (secondary N) is 1. The highest BCUT2D eigenvalue weighted by atomic mass is 16.1. The van der Waals surface area contributed by atoms with E-state index >= 15 is 0 Å². The third kappa shape index (κ3) is 2.31. The second kappa shape index (κ2) is 4.61. The quantitative estimate of drug-likeness (QED) is 0.697. The van der Waals surface area contributed by atoms with Crippen molar-refractivity contribution in [3.63, 3.8) is 0 Å². The highest BCUT2D eigenvalue weighted by Crippen LogP contribution is 2.26. The van der Waals surface area contributed by atoms with Gasteiger partial charge in [0.1, 0.15) is 5.78 Å². The van der Waals surface area contributed by atoms with E-state index in [-0.39, 0.29) is 6.04 Å². The molecule has 0 saturated heterocycles. The molecule has 2 nitrogen and oxygen atoms in total. The largest absolute Gasteiger partial charge is 0.310 e. The van der Waals surface area contributed by atoms with E-state index in [0.717, 1.165) is 0 Å². The number of Topliss-reactive ketones (excluding diaryl/α,β-unsaturated/α-hetero) is 1. The zero-order valence-corrected chi connectivity index (χ0v) is 8.10. The molecule has 1 saturated carbocycles. The highest BCUT2D eigenvalue weighted by Gasteiger charge is 2.25. The van der Waals surface area contributed by atoms with Gasteiger partial charge in [-0.25, -0.2) is 0 Å². The average Bonchev–Trinajstić information content (AvgIpc) is 2.07. The molecule has 0 aromatic rings. The van der Waals surface area contributed by atoms with Crippen LogP contribution in [-0.2, 0) is 4.79 Å². The van der Waals surface area contributed by atoms with Crippen molar-refractivity contribution < 1.29 is 4.79 Å². The van der Waals surface area contributed by atoms with Crippen LogP contribution in [0.5, 0.6) is 0 Å². The zero-order valence-electron chi connectivity index (χ0n) is 8.10. The van der Waals surface area contributed by atoms with E-state index in [2.05, 4.69) is 5.32 Å². The second-order valence-electron chi connectivity index (χ2n) is 3.78. The maximum Gasteiger partial charge on any atom is 0.146 e. The predicted octanol–water partition coefficient (Wildman–Crippen LogP) is 1.74. The SMILES string of the molecule is CN[C@H](C(C)=O)C1CCCCC1. The summed E-state index contributed by atoms with van der Waals surface area (Å²) < 4.78 is 0. The first kappa shape index (κ1) is 9.72. The molecule has 0 heterocycles.